The fourth-order valence-electron chi connectivity index (χ4n) is 1.66. The summed E-state index contributed by atoms with van der Waals surface area (Å²) in [6, 6.07) is 0. The average molecular weight is 207 g/mol. The van der Waals surface area contributed by atoms with Crippen LogP contribution in [-0.2, 0) is 9.59 Å². The highest BCUT2D eigenvalue weighted by Gasteiger charge is 2.43. The van der Waals surface area contributed by atoms with Crippen molar-refractivity contribution < 1.29 is 23.5 Å². The number of alkyl halides is 2. The maximum atomic E-state index is 11.9. The molecule has 0 bridgehead atoms. The van der Waals surface area contributed by atoms with Crippen molar-refractivity contribution in [2.24, 2.45) is 0 Å². The van der Waals surface area contributed by atoms with Gasteiger partial charge >= 0.3 is 12.4 Å². The first kappa shape index (κ1) is 10.9. The summed E-state index contributed by atoms with van der Waals surface area (Å²) >= 11 is 0. The van der Waals surface area contributed by atoms with Crippen molar-refractivity contribution in [3.63, 3.8) is 0 Å². The van der Waals surface area contributed by atoms with E-state index in [2.05, 4.69) is 0 Å². The number of hydrogen-bond donors (Lipinski definition) is 2. The molecule has 0 heterocycles. The van der Waals surface area contributed by atoms with Gasteiger partial charge in [0.2, 0.25) is 0 Å². The van der Waals surface area contributed by atoms with Gasteiger partial charge in [0.1, 0.15) is 5.54 Å². The second-order valence-corrected chi connectivity index (χ2v) is 3.38. The fraction of sp³-hybridized carbons (Fsp3) is 0.750. The third-order valence-corrected chi connectivity index (χ3v) is 2.43. The summed E-state index contributed by atoms with van der Waals surface area (Å²) in [6.45, 7) is 0. The number of carboxylic acid groups (broad SMARTS) is 1. The molecule has 14 heavy (non-hydrogen) atoms. The van der Waals surface area contributed by atoms with Gasteiger partial charge in [0.25, 0.3) is 5.91 Å². The van der Waals surface area contributed by atoms with Crippen molar-refractivity contribution in [2.45, 2.75) is 37.6 Å². The number of halogens is 2. The van der Waals surface area contributed by atoms with Crippen LogP contribution in [0.4, 0.5) is 8.78 Å². The van der Waals surface area contributed by atoms with Crippen LogP contribution < -0.4 is 5.32 Å². The van der Waals surface area contributed by atoms with Gasteiger partial charge in [-0.15, -0.1) is 0 Å². The van der Waals surface area contributed by atoms with Crippen LogP contribution >= 0.6 is 0 Å². The predicted molar refractivity (Wildman–Crippen MR) is 43.0 cm³/mol. The number of rotatable bonds is 3. The smallest absolute Gasteiger partial charge is 0.329 e. The highest BCUT2D eigenvalue weighted by molar-refractivity contribution is 5.88. The molecule has 1 amide bonds. The van der Waals surface area contributed by atoms with E-state index in [1.54, 1.807) is 0 Å². The lowest BCUT2D eigenvalue weighted by Gasteiger charge is -2.24. The molecule has 1 fully saturated rings. The van der Waals surface area contributed by atoms with Gasteiger partial charge in [-0.25, -0.2) is 4.79 Å². The zero-order valence-electron chi connectivity index (χ0n) is 7.43. The lowest BCUT2D eigenvalue weighted by Crippen LogP contribution is -2.54. The highest BCUT2D eigenvalue weighted by atomic mass is 19.3. The average Bonchev–Trinajstić information content (AvgIpc) is 2.53. The Balaban J connectivity index is 2.70. The van der Waals surface area contributed by atoms with Crippen molar-refractivity contribution >= 4 is 11.9 Å². The molecule has 0 spiro atoms. The Morgan fingerprint density at radius 1 is 1.29 bits per heavy atom. The Hall–Kier alpha value is -1.20. The van der Waals surface area contributed by atoms with E-state index in [9.17, 15) is 18.4 Å². The summed E-state index contributed by atoms with van der Waals surface area (Å²) in [6.07, 6.45) is -1.44. The van der Waals surface area contributed by atoms with Crippen LogP contribution in [0.2, 0.25) is 0 Å². The van der Waals surface area contributed by atoms with Crippen LogP contribution in [0.25, 0.3) is 0 Å². The van der Waals surface area contributed by atoms with Crippen LogP contribution in [0.5, 0.6) is 0 Å². The number of amides is 1. The lowest BCUT2D eigenvalue weighted by atomic mass is 9.98. The predicted octanol–water partition coefficient (Wildman–Crippen LogP) is 0.765. The summed E-state index contributed by atoms with van der Waals surface area (Å²) in [5.41, 5.74) is -1.46. The van der Waals surface area contributed by atoms with E-state index in [0.717, 1.165) is 0 Å². The first-order valence-electron chi connectivity index (χ1n) is 4.31. The van der Waals surface area contributed by atoms with Crippen LogP contribution in [0.3, 0.4) is 0 Å². The van der Waals surface area contributed by atoms with Crippen LogP contribution in [0, 0.1) is 0 Å². The Morgan fingerprint density at radius 3 is 2.14 bits per heavy atom. The molecule has 0 radical (unpaired) electrons. The third-order valence-electron chi connectivity index (χ3n) is 2.43. The highest BCUT2D eigenvalue weighted by Crippen LogP contribution is 2.30. The summed E-state index contributed by atoms with van der Waals surface area (Å²) in [5.74, 6) is -2.74. The van der Waals surface area contributed by atoms with Crippen LogP contribution in [0.15, 0.2) is 0 Å². The molecule has 2 N–H and O–H groups in total. The molecule has 80 valence electrons. The minimum atomic E-state index is -3.16. The van der Waals surface area contributed by atoms with Crippen molar-refractivity contribution in [3.05, 3.63) is 0 Å². The topological polar surface area (TPSA) is 66.4 Å². The van der Waals surface area contributed by atoms with E-state index >= 15 is 0 Å². The first-order chi connectivity index (χ1) is 6.48. The van der Waals surface area contributed by atoms with E-state index in [1.165, 1.54) is 0 Å². The molecule has 0 aromatic rings. The quantitative estimate of drug-likeness (QED) is 0.718. The number of carbonyl (C=O) groups excluding carboxylic acids is 1. The molecule has 0 saturated heterocycles. The molecule has 1 aliphatic carbocycles. The van der Waals surface area contributed by atoms with Crippen molar-refractivity contribution in [3.8, 4) is 0 Å². The van der Waals surface area contributed by atoms with Crippen LogP contribution in [0.1, 0.15) is 25.7 Å². The van der Waals surface area contributed by atoms with Crippen molar-refractivity contribution in [1.82, 2.24) is 5.32 Å². The molecule has 1 rings (SSSR count). The molecule has 0 aliphatic heterocycles. The molecule has 0 aromatic carbocycles. The number of carbonyl (C=O) groups is 2. The number of aliphatic carboxylic acids is 1. The molecular weight excluding hydrogens is 196 g/mol. The Labute approximate surface area is 79.3 Å². The maximum absolute atomic E-state index is 11.9. The summed E-state index contributed by atoms with van der Waals surface area (Å²) < 4.78 is 23.8. The van der Waals surface area contributed by atoms with Gasteiger partial charge in [-0.3, -0.25) is 4.79 Å². The largest absolute Gasteiger partial charge is 0.480 e. The first-order valence-corrected chi connectivity index (χ1v) is 4.31. The molecular formula is C8H11F2NO3. The summed E-state index contributed by atoms with van der Waals surface area (Å²) in [4.78, 5) is 21.5. The van der Waals surface area contributed by atoms with E-state index in [1.807, 2.05) is 5.32 Å². The number of hydrogen-bond acceptors (Lipinski definition) is 2. The monoisotopic (exact) mass is 207 g/mol. The summed E-state index contributed by atoms with van der Waals surface area (Å²) in [7, 11) is 0. The molecule has 1 aliphatic rings. The van der Waals surface area contributed by atoms with E-state index in [4.69, 9.17) is 5.11 Å². The van der Waals surface area contributed by atoms with Gasteiger partial charge in [-0.2, -0.15) is 8.78 Å². The third kappa shape index (κ3) is 2.00. The lowest BCUT2D eigenvalue weighted by molar-refractivity contribution is -0.149. The molecule has 6 heteroatoms. The second kappa shape index (κ2) is 3.89. The Morgan fingerprint density at radius 2 is 1.79 bits per heavy atom. The minimum absolute atomic E-state index is 0.223. The fourth-order valence-corrected chi connectivity index (χ4v) is 1.66. The standard InChI is InChI=1S/C8H11F2NO3/c9-5(10)6(12)11-8(7(13)14)3-1-2-4-8/h5H,1-4H2,(H,11,12)(H,13,14). The van der Waals surface area contributed by atoms with Gasteiger partial charge in [0.05, 0.1) is 0 Å². The molecule has 1 saturated carbocycles. The van der Waals surface area contributed by atoms with Gasteiger partial charge in [0, 0.05) is 0 Å². The minimum Gasteiger partial charge on any atom is -0.480 e. The molecule has 0 atom stereocenters. The second-order valence-electron chi connectivity index (χ2n) is 3.38. The normalized spacial score (nSPS) is 19.6. The van der Waals surface area contributed by atoms with Crippen LogP contribution in [-0.4, -0.2) is 28.9 Å². The van der Waals surface area contributed by atoms with Gasteiger partial charge in [-0.1, -0.05) is 12.8 Å². The van der Waals surface area contributed by atoms with E-state index in [-0.39, 0.29) is 12.8 Å². The zero-order chi connectivity index (χ0) is 10.8. The number of carboxylic acids is 1. The molecule has 0 aromatic heterocycles. The molecule has 4 nitrogen and oxygen atoms in total. The Bertz CT molecular complexity index is 249. The zero-order valence-corrected chi connectivity index (χ0v) is 7.43. The van der Waals surface area contributed by atoms with E-state index in [0.29, 0.717) is 12.8 Å². The van der Waals surface area contributed by atoms with Crippen molar-refractivity contribution in [1.29, 1.82) is 0 Å². The SMILES string of the molecule is O=C(NC1(C(=O)O)CCCC1)C(F)F. The van der Waals surface area contributed by atoms with Gasteiger partial charge in [-0.05, 0) is 12.8 Å². The van der Waals surface area contributed by atoms with Gasteiger partial charge < -0.3 is 10.4 Å². The number of nitrogens with one attached hydrogen (secondary N) is 1. The molecule has 0 unspecified atom stereocenters. The van der Waals surface area contributed by atoms with Gasteiger partial charge in [0.15, 0.2) is 0 Å². The van der Waals surface area contributed by atoms with Crippen molar-refractivity contribution in [2.75, 3.05) is 0 Å². The Kier molecular flexibility index (Phi) is 3.03. The maximum Gasteiger partial charge on any atom is 0.329 e. The summed E-state index contributed by atoms with van der Waals surface area (Å²) in [5, 5.41) is 10.7. The van der Waals surface area contributed by atoms with E-state index < -0.39 is 23.8 Å².